The van der Waals surface area contributed by atoms with Gasteiger partial charge in [0.1, 0.15) is 5.78 Å². The second-order valence-corrected chi connectivity index (χ2v) is 4.67. The third kappa shape index (κ3) is 2.07. The molecule has 0 fully saturated rings. The topological polar surface area (TPSA) is 37.4 Å². The number of fused-ring (bicyclic) bond motifs is 1. The van der Waals surface area contributed by atoms with E-state index in [2.05, 4.69) is 0 Å². The fourth-order valence-corrected chi connectivity index (χ4v) is 2.38. The van der Waals surface area contributed by atoms with Gasteiger partial charge in [-0.1, -0.05) is 18.5 Å². The molecule has 1 amide bonds. The molecule has 1 aromatic rings. The molecule has 2 rings (SSSR count). The van der Waals surface area contributed by atoms with Crippen molar-refractivity contribution in [2.45, 2.75) is 25.7 Å². The van der Waals surface area contributed by atoms with Crippen LogP contribution < -0.4 is 4.90 Å². The SMILES string of the molecule is CCC(=O)C1CC(=O)N(C)c2ccc(Cl)cc21. The minimum atomic E-state index is -0.336. The maximum Gasteiger partial charge on any atom is 0.227 e. The number of nitrogens with zero attached hydrogens (tertiary/aromatic N) is 1. The molecule has 3 nitrogen and oxygen atoms in total. The lowest BCUT2D eigenvalue weighted by molar-refractivity contribution is -0.125. The van der Waals surface area contributed by atoms with Crippen LogP contribution in [-0.2, 0) is 9.59 Å². The molecule has 1 heterocycles. The Morgan fingerprint density at radius 2 is 2.24 bits per heavy atom. The molecule has 1 unspecified atom stereocenters. The summed E-state index contributed by atoms with van der Waals surface area (Å²) in [5.74, 6) is -0.265. The molecule has 0 spiro atoms. The Balaban J connectivity index is 2.53. The average Bonchev–Trinajstić information content (AvgIpc) is 2.32. The number of hydrogen-bond donors (Lipinski definition) is 0. The van der Waals surface area contributed by atoms with E-state index >= 15 is 0 Å². The highest BCUT2D eigenvalue weighted by Crippen LogP contribution is 2.37. The predicted octanol–water partition coefficient (Wildman–Crippen LogP) is 2.77. The van der Waals surface area contributed by atoms with Gasteiger partial charge in [0.2, 0.25) is 5.91 Å². The summed E-state index contributed by atoms with van der Waals surface area (Å²) >= 11 is 5.96. The van der Waals surface area contributed by atoms with Gasteiger partial charge in [-0.2, -0.15) is 0 Å². The van der Waals surface area contributed by atoms with Crippen LogP contribution >= 0.6 is 11.6 Å². The van der Waals surface area contributed by atoms with Crippen molar-refractivity contribution < 1.29 is 9.59 Å². The van der Waals surface area contributed by atoms with Crippen LogP contribution in [0.5, 0.6) is 0 Å². The Morgan fingerprint density at radius 3 is 2.88 bits per heavy atom. The fourth-order valence-electron chi connectivity index (χ4n) is 2.20. The number of carbonyl (C=O) groups is 2. The minimum absolute atomic E-state index is 0.0216. The molecule has 4 heteroatoms. The molecule has 0 radical (unpaired) electrons. The molecule has 1 atom stereocenters. The summed E-state index contributed by atoms with van der Waals surface area (Å²) in [5.41, 5.74) is 1.66. The summed E-state index contributed by atoms with van der Waals surface area (Å²) in [6.45, 7) is 1.81. The molecule has 90 valence electrons. The van der Waals surface area contributed by atoms with E-state index in [4.69, 9.17) is 11.6 Å². The smallest absolute Gasteiger partial charge is 0.227 e. The van der Waals surface area contributed by atoms with Crippen molar-refractivity contribution in [3.05, 3.63) is 28.8 Å². The normalized spacial score (nSPS) is 19.1. The molecule has 0 bridgehead atoms. The Kier molecular flexibility index (Phi) is 3.20. The number of amides is 1. The highest BCUT2D eigenvalue weighted by molar-refractivity contribution is 6.30. The van der Waals surface area contributed by atoms with Gasteiger partial charge < -0.3 is 4.90 Å². The molecular weight excluding hydrogens is 238 g/mol. The quantitative estimate of drug-likeness (QED) is 0.811. The summed E-state index contributed by atoms with van der Waals surface area (Å²) in [7, 11) is 1.72. The van der Waals surface area contributed by atoms with Crippen molar-refractivity contribution >= 4 is 29.0 Å². The van der Waals surface area contributed by atoms with Crippen LogP contribution in [-0.4, -0.2) is 18.7 Å². The second kappa shape index (κ2) is 4.49. The standard InChI is InChI=1S/C13H14ClNO2/c1-3-12(16)10-7-13(17)15(2)11-5-4-8(14)6-9(10)11/h4-6,10H,3,7H2,1-2H3. The molecule has 0 N–H and O–H groups in total. The Morgan fingerprint density at radius 1 is 1.53 bits per heavy atom. The minimum Gasteiger partial charge on any atom is -0.315 e. The zero-order valence-electron chi connectivity index (χ0n) is 9.87. The van der Waals surface area contributed by atoms with Crippen molar-refractivity contribution in [3.63, 3.8) is 0 Å². The maximum absolute atomic E-state index is 11.9. The van der Waals surface area contributed by atoms with Gasteiger partial charge >= 0.3 is 0 Å². The Bertz CT molecular complexity index is 484. The average molecular weight is 252 g/mol. The number of carbonyl (C=O) groups excluding carboxylic acids is 2. The molecular formula is C13H14ClNO2. The van der Waals surface area contributed by atoms with Gasteiger partial charge in [-0.3, -0.25) is 9.59 Å². The summed E-state index contributed by atoms with van der Waals surface area (Å²) in [6.07, 6.45) is 0.685. The van der Waals surface area contributed by atoms with Crippen LogP contribution in [0.25, 0.3) is 0 Å². The Hall–Kier alpha value is -1.35. The van der Waals surface area contributed by atoms with Crippen LogP contribution in [0.15, 0.2) is 18.2 Å². The molecule has 0 saturated heterocycles. The zero-order chi connectivity index (χ0) is 12.6. The van der Waals surface area contributed by atoms with Gasteiger partial charge in [0.25, 0.3) is 0 Å². The van der Waals surface area contributed by atoms with Crippen LogP contribution in [0.2, 0.25) is 5.02 Å². The monoisotopic (exact) mass is 251 g/mol. The van der Waals surface area contributed by atoms with E-state index in [9.17, 15) is 9.59 Å². The van der Waals surface area contributed by atoms with E-state index < -0.39 is 0 Å². The van der Waals surface area contributed by atoms with Crippen molar-refractivity contribution in [2.24, 2.45) is 0 Å². The van der Waals surface area contributed by atoms with Crippen LogP contribution in [0.4, 0.5) is 5.69 Å². The first-order chi connectivity index (χ1) is 8.04. The van der Waals surface area contributed by atoms with Crippen molar-refractivity contribution in [1.29, 1.82) is 0 Å². The van der Waals surface area contributed by atoms with E-state index in [0.29, 0.717) is 11.4 Å². The molecule has 0 saturated carbocycles. The lowest BCUT2D eigenvalue weighted by Gasteiger charge is -2.30. The summed E-state index contributed by atoms with van der Waals surface area (Å²) in [6, 6.07) is 5.33. The number of anilines is 1. The highest BCUT2D eigenvalue weighted by Gasteiger charge is 2.32. The van der Waals surface area contributed by atoms with Crippen molar-refractivity contribution in [2.75, 3.05) is 11.9 Å². The first-order valence-corrected chi connectivity index (χ1v) is 6.01. The van der Waals surface area contributed by atoms with Crippen LogP contribution in [0, 0.1) is 0 Å². The number of hydrogen-bond acceptors (Lipinski definition) is 2. The van der Waals surface area contributed by atoms with Gasteiger partial charge in [0, 0.05) is 30.6 Å². The molecule has 0 aliphatic carbocycles. The number of benzene rings is 1. The van der Waals surface area contributed by atoms with E-state index in [1.165, 1.54) is 0 Å². The van der Waals surface area contributed by atoms with Crippen molar-refractivity contribution in [3.8, 4) is 0 Å². The first kappa shape index (κ1) is 12.1. The summed E-state index contributed by atoms with van der Waals surface area (Å²) in [5, 5.41) is 0.598. The number of ketones is 1. The van der Waals surface area contributed by atoms with E-state index in [-0.39, 0.29) is 24.0 Å². The lowest BCUT2D eigenvalue weighted by Crippen LogP contribution is -2.35. The third-order valence-corrected chi connectivity index (χ3v) is 3.45. The maximum atomic E-state index is 11.9. The van der Waals surface area contributed by atoms with Crippen LogP contribution in [0.3, 0.4) is 0 Å². The van der Waals surface area contributed by atoms with E-state index in [1.54, 1.807) is 30.1 Å². The lowest BCUT2D eigenvalue weighted by atomic mass is 9.85. The number of halogens is 1. The van der Waals surface area contributed by atoms with Gasteiger partial charge in [0.15, 0.2) is 0 Å². The van der Waals surface area contributed by atoms with Gasteiger partial charge in [-0.05, 0) is 23.8 Å². The summed E-state index contributed by atoms with van der Waals surface area (Å²) < 4.78 is 0. The zero-order valence-corrected chi connectivity index (χ0v) is 10.6. The fraction of sp³-hybridized carbons (Fsp3) is 0.385. The second-order valence-electron chi connectivity index (χ2n) is 4.23. The molecule has 1 aliphatic rings. The first-order valence-electron chi connectivity index (χ1n) is 5.63. The van der Waals surface area contributed by atoms with Gasteiger partial charge in [-0.15, -0.1) is 0 Å². The van der Waals surface area contributed by atoms with Crippen LogP contribution in [0.1, 0.15) is 31.2 Å². The molecule has 0 aromatic heterocycles. The van der Waals surface area contributed by atoms with E-state index in [1.807, 2.05) is 6.92 Å². The van der Waals surface area contributed by atoms with E-state index in [0.717, 1.165) is 11.3 Å². The highest BCUT2D eigenvalue weighted by atomic mass is 35.5. The molecule has 1 aliphatic heterocycles. The van der Waals surface area contributed by atoms with Gasteiger partial charge in [-0.25, -0.2) is 0 Å². The predicted molar refractivity (Wildman–Crippen MR) is 67.5 cm³/mol. The third-order valence-electron chi connectivity index (χ3n) is 3.22. The number of Topliss-reactive ketones (excluding diaryl/α,β-unsaturated/α-hetero) is 1. The molecule has 17 heavy (non-hydrogen) atoms. The van der Waals surface area contributed by atoms with Crippen molar-refractivity contribution in [1.82, 2.24) is 0 Å². The largest absolute Gasteiger partial charge is 0.315 e. The molecule has 1 aromatic carbocycles. The Labute approximate surface area is 105 Å². The number of rotatable bonds is 2. The summed E-state index contributed by atoms with van der Waals surface area (Å²) in [4.78, 5) is 25.3. The van der Waals surface area contributed by atoms with Gasteiger partial charge in [0.05, 0.1) is 5.92 Å².